The smallest absolute Gasteiger partial charge is 0.146 e. The number of pyridine rings is 2. The van der Waals surface area contributed by atoms with Gasteiger partial charge in [0.25, 0.3) is 0 Å². The van der Waals surface area contributed by atoms with E-state index in [1.54, 1.807) is 0 Å². The predicted molar refractivity (Wildman–Crippen MR) is 245 cm³/mol. The number of aromatic nitrogens is 3. The first-order chi connectivity index (χ1) is 28.5. The van der Waals surface area contributed by atoms with Crippen molar-refractivity contribution >= 4 is 75.8 Å². The molecule has 0 bridgehead atoms. The molecule has 0 N–H and O–H groups in total. The highest BCUT2D eigenvalue weighted by atomic mass is 15.1. The molecule has 3 nitrogen and oxygen atoms in total. The second kappa shape index (κ2) is 12.3. The van der Waals surface area contributed by atoms with Crippen LogP contribution in [-0.4, -0.2) is 14.5 Å². The van der Waals surface area contributed by atoms with Crippen molar-refractivity contribution in [1.29, 1.82) is 0 Å². The Balaban J connectivity index is 1.26. The number of benzene rings is 7. The van der Waals surface area contributed by atoms with Gasteiger partial charge in [-0.15, -0.1) is 0 Å². The second-order valence-electron chi connectivity index (χ2n) is 16.1. The summed E-state index contributed by atoms with van der Waals surface area (Å²) in [4.78, 5) is 9.57. The van der Waals surface area contributed by atoms with Gasteiger partial charge < -0.3 is 0 Å². The standard InChI is InChI=1S/C55H37N3/c1-55(2)50-22-10-9-20-43(50)48-32-46-45-30-34(35-25-27-52-49(31-35)44-21-13-29-57-54(44)58(52)53-23-11-12-28-56-53)24-26-42(45)40-18-6-5-16-38(40)36-14-3-4-15-37(36)39-17-7-8-19-41(39)47(46)33-51(48)55/h3-33H,1-2H3. The van der Waals surface area contributed by atoms with E-state index in [-0.39, 0.29) is 5.41 Å². The summed E-state index contributed by atoms with van der Waals surface area (Å²) in [7, 11) is 0. The van der Waals surface area contributed by atoms with Crippen molar-refractivity contribution in [2.24, 2.45) is 0 Å². The van der Waals surface area contributed by atoms with E-state index in [2.05, 4.69) is 170 Å². The minimum Gasteiger partial charge on any atom is -0.278 e. The van der Waals surface area contributed by atoms with Gasteiger partial charge in [-0.1, -0.05) is 135 Å². The number of nitrogens with zero attached hydrogens (tertiary/aromatic N) is 3. The third-order valence-corrected chi connectivity index (χ3v) is 12.7. The summed E-state index contributed by atoms with van der Waals surface area (Å²) in [6.45, 7) is 4.76. The van der Waals surface area contributed by atoms with E-state index in [1.807, 2.05) is 36.7 Å². The minimum atomic E-state index is -0.140. The van der Waals surface area contributed by atoms with Crippen molar-refractivity contribution in [3.8, 4) is 28.1 Å². The average Bonchev–Trinajstić information content (AvgIpc) is 3.73. The first-order valence-electron chi connectivity index (χ1n) is 20.1. The van der Waals surface area contributed by atoms with Crippen molar-refractivity contribution in [1.82, 2.24) is 14.5 Å². The largest absolute Gasteiger partial charge is 0.278 e. The van der Waals surface area contributed by atoms with E-state index >= 15 is 0 Å². The van der Waals surface area contributed by atoms with Gasteiger partial charge in [-0.05, 0) is 142 Å². The predicted octanol–water partition coefficient (Wildman–Crippen LogP) is 14.4. The zero-order valence-corrected chi connectivity index (χ0v) is 32.2. The van der Waals surface area contributed by atoms with Crippen LogP contribution in [0.15, 0.2) is 188 Å². The minimum absolute atomic E-state index is 0.140. The molecule has 11 aromatic rings. The molecule has 0 saturated heterocycles. The van der Waals surface area contributed by atoms with Crippen LogP contribution in [0.5, 0.6) is 0 Å². The highest BCUT2D eigenvalue weighted by Gasteiger charge is 2.35. The van der Waals surface area contributed by atoms with Gasteiger partial charge in [0.15, 0.2) is 0 Å². The van der Waals surface area contributed by atoms with Gasteiger partial charge in [0.1, 0.15) is 11.5 Å². The summed E-state index contributed by atoms with van der Waals surface area (Å²) in [5.41, 5.74) is 9.55. The van der Waals surface area contributed by atoms with Crippen LogP contribution in [0.2, 0.25) is 0 Å². The number of hydrogen-bond acceptors (Lipinski definition) is 2. The van der Waals surface area contributed by atoms with Crippen molar-refractivity contribution in [2.75, 3.05) is 0 Å². The summed E-state index contributed by atoms with van der Waals surface area (Å²) in [6, 6.07) is 65.0. The Morgan fingerprint density at radius 1 is 0.362 bits per heavy atom. The van der Waals surface area contributed by atoms with Crippen LogP contribution in [0, 0.1) is 0 Å². The maximum Gasteiger partial charge on any atom is 0.146 e. The summed E-state index contributed by atoms with van der Waals surface area (Å²) < 4.78 is 2.17. The SMILES string of the molecule is CC1(C)c2ccccc2-c2cc3c4cc(-c5ccc6c(c5)c5cccnc5n6-c5ccccn5)ccc4c4ccccc4c4ccccc4c4ccccc4c3cc21. The normalized spacial score (nSPS) is 13.1. The van der Waals surface area contributed by atoms with Gasteiger partial charge in [0, 0.05) is 28.6 Å². The molecule has 58 heavy (non-hydrogen) atoms. The monoisotopic (exact) mass is 739 g/mol. The Morgan fingerprint density at radius 2 is 0.879 bits per heavy atom. The lowest BCUT2D eigenvalue weighted by Crippen LogP contribution is -2.14. The molecule has 12 rings (SSSR count). The van der Waals surface area contributed by atoms with E-state index in [9.17, 15) is 0 Å². The zero-order chi connectivity index (χ0) is 38.5. The summed E-state index contributed by atoms with van der Waals surface area (Å²) in [5.74, 6) is 0.858. The average molecular weight is 740 g/mol. The number of rotatable bonds is 2. The van der Waals surface area contributed by atoms with Crippen LogP contribution in [0.25, 0.3) is 104 Å². The molecular weight excluding hydrogens is 703 g/mol. The van der Waals surface area contributed by atoms with Crippen LogP contribution in [-0.2, 0) is 5.41 Å². The van der Waals surface area contributed by atoms with Crippen LogP contribution >= 0.6 is 0 Å². The molecule has 0 unspecified atom stereocenters. The molecule has 0 atom stereocenters. The lowest BCUT2D eigenvalue weighted by atomic mass is 9.81. The molecule has 8 aromatic carbocycles. The van der Waals surface area contributed by atoms with Gasteiger partial charge in [-0.2, -0.15) is 0 Å². The van der Waals surface area contributed by atoms with Gasteiger partial charge >= 0.3 is 0 Å². The fourth-order valence-electron chi connectivity index (χ4n) is 9.98. The molecule has 1 aliphatic carbocycles. The van der Waals surface area contributed by atoms with Gasteiger partial charge in [0.2, 0.25) is 0 Å². The van der Waals surface area contributed by atoms with Crippen LogP contribution in [0.3, 0.4) is 0 Å². The fourth-order valence-corrected chi connectivity index (χ4v) is 9.98. The van der Waals surface area contributed by atoms with Crippen molar-refractivity contribution in [3.05, 3.63) is 199 Å². The van der Waals surface area contributed by atoms with Gasteiger partial charge in [0.05, 0.1) is 5.52 Å². The lowest BCUT2D eigenvalue weighted by molar-refractivity contribution is 0.661. The third kappa shape index (κ3) is 4.68. The molecule has 0 fully saturated rings. The maximum absolute atomic E-state index is 4.85. The quantitative estimate of drug-likeness (QED) is 0.177. The molecule has 3 heterocycles. The topological polar surface area (TPSA) is 30.7 Å². The first-order valence-corrected chi connectivity index (χ1v) is 20.1. The number of hydrogen-bond donors (Lipinski definition) is 0. The second-order valence-corrected chi connectivity index (χ2v) is 16.1. The first kappa shape index (κ1) is 32.8. The molecule has 0 aliphatic heterocycles. The summed E-state index contributed by atoms with van der Waals surface area (Å²) in [5, 5.41) is 14.6. The highest BCUT2D eigenvalue weighted by molar-refractivity contribution is 6.27. The van der Waals surface area contributed by atoms with Gasteiger partial charge in [-0.3, -0.25) is 4.57 Å². The zero-order valence-electron chi connectivity index (χ0n) is 32.2. The molecule has 3 aromatic heterocycles. The Kier molecular flexibility index (Phi) is 6.98. The molecule has 0 saturated carbocycles. The van der Waals surface area contributed by atoms with E-state index in [1.165, 1.54) is 81.7 Å². The van der Waals surface area contributed by atoms with Crippen LogP contribution in [0.1, 0.15) is 25.0 Å². The van der Waals surface area contributed by atoms with Crippen molar-refractivity contribution < 1.29 is 0 Å². The molecule has 0 radical (unpaired) electrons. The highest BCUT2D eigenvalue weighted by Crippen LogP contribution is 2.51. The van der Waals surface area contributed by atoms with Gasteiger partial charge in [-0.25, -0.2) is 9.97 Å². The molecular formula is C55H37N3. The lowest BCUT2D eigenvalue weighted by Gasteiger charge is -2.22. The van der Waals surface area contributed by atoms with E-state index in [0.29, 0.717) is 0 Å². The van der Waals surface area contributed by atoms with Crippen molar-refractivity contribution in [2.45, 2.75) is 19.3 Å². The number of fused-ring (bicyclic) bond motifs is 16. The Labute approximate surface area is 335 Å². The van der Waals surface area contributed by atoms with E-state index in [4.69, 9.17) is 9.97 Å². The third-order valence-electron chi connectivity index (χ3n) is 12.7. The maximum atomic E-state index is 4.85. The van der Waals surface area contributed by atoms with Crippen LogP contribution in [0.4, 0.5) is 0 Å². The Bertz CT molecular complexity index is 3590. The van der Waals surface area contributed by atoms with Crippen LogP contribution < -0.4 is 0 Å². The Morgan fingerprint density at radius 3 is 1.55 bits per heavy atom. The van der Waals surface area contributed by atoms with E-state index < -0.39 is 0 Å². The molecule has 0 amide bonds. The molecule has 0 spiro atoms. The molecule has 3 heteroatoms. The molecule has 1 aliphatic rings. The van der Waals surface area contributed by atoms with Crippen molar-refractivity contribution in [3.63, 3.8) is 0 Å². The fraction of sp³-hybridized carbons (Fsp3) is 0.0545. The molecule has 272 valence electrons. The summed E-state index contributed by atoms with van der Waals surface area (Å²) >= 11 is 0. The summed E-state index contributed by atoms with van der Waals surface area (Å²) in [6.07, 6.45) is 3.71. The Hall–Kier alpha value is -7.36. The van der Waals surface area contributed by atoms with E-state index in [0.717, 1.165) is 33.3 Å².